The van der Waals surface area contributed by atoms with Gasteiger partial charge in [-0.25, -0.2) is 0 Å². The van der Waals surface area contributed by atoms with Crippen LogP contribution in [0.25, 0.3) is 0 Å². The Morgan fingerprint density at radius 3 is 2.61 bits per heavy atom. The summed E-state index contributed by atoms with van der Waals surface area (Å²) in [6.07, 6.45) is 11.2. The highest BCUT2D eigenvalue weighted by molar-refractivity contribution is 5.23. The largest absolute Gasteiger partial charge is 0.0651 e. The molecule has 2 rings (SSSR count). The van der Waals surface area contributed by atoms with Gasteiger partial charge in [0.05, 0.1) is 0 Å². The number of hydrogen-bond acceptors (Lipinski definition) is 0. The Hall–Kier alpha value is -0.780. The van der Waals surface area contributed by atoms with Crippen molar-refractivity contribution < 1.29 is 0 Å². The van der Waals surface area contributed by atoms with E-state index in [-0.39, 0.29) is 0 Å². The molecule has 0 amide bonds. The van der Waals surface area contributed by atoms with Crippen molar-refractivity contribution in [3.8, 4) is 0 Å². The van der Waals surface area contributed by atoms with E-state index in [4.69, 9.17) is 0 Å². The van der Waals surface area contributed by atoms with Gasteiger partial charge in [-0.15, -0.1) is 0 Å². The second-order valence-electron chi connectivity index (χ2n) is 6.02. The average molecular weight is 244 g/mol. The van der Waals surface area contributed by atoms with E-state index >= 15 is 0 Å². The lowest BCUT2D eigenvalue weighted by atomic mass is 9.78. The molecule has 2 atom stereocenters. The van der Waals surface area contributed by atoms with Crippen molar-refractivity contribution in [1.82, 2.24) is 0 Å². The van der Waals surface area contributed by atoms with E-state index in [0.717, 1.165) is 18.3 Å². The van der Waals surface area contributed by atoms with Crippen molar-refractivity contribution in [3.63, 3.8) is 0 Å². The first kappa shape index (κ1) is 13.6. The fourth-order valence-corrected chi connectivity index (χ4v) is 3.41. The van der Waals surface area contributed by atoms with E-state index in [9.17, 15) is 0 Å². The SMILES string of the molecule is CCc1cccc(CCC2CCCC(CC)C2)c1. The molecule has 0 nitrogen and oxygen atoms in total. The molecule has 1 aromatic carbocycles. The average Bonchev–Trinajstić information content (AvgIpc) is 2.45. The first-order valence-corrected chi connectivity index (χ1v) is 7.89. The molecule has 1 saturated carbocycles. The van der Waals surface area contributed by atoms with Gasteiger partial charge in [0, 0.05) is 0 Å². The Kier molecular flexibility index (Phi) is 5.28. The normalized spacial score (nSPS) is 24.1. The Balaban J connectivity index is 1.83. The van der Waals surface area contributed by atoms with Gasteiger partial charge >= 0.3 is 0 Å². The summed E-state index contributed by atoms with van der Waals surface area (Å²) in [5.41, 5.74) is 3.04. The van der Waals surface area contributed by atoms with E-state index in [1.165, 1.54) is 50.5 Å². The van der Waals surface area contributed by atoms with Crippen molar-refractivity contribution in [2.75, 3.05) is 0 Å². The number of hydrogen-bond donors (Lipinski definition) is 0. The quantitative estimate of drug-likeness (QED) is 0.650. The zero-order valence-corrected chi connectivity index (χ0v) is 12.1. The van der Waals surface area contributed by atoms with E-state index in [0.29, 0.717) is 0 Å². The van der Waals surface area contributed by atoms with Crippen molar-refractivity contribution in [1.29, 1.82) is 0 Å². The highest BCUT2D eigenvalue weighted by Gasteiger charge is 2.20. The summed E-state index contributed by atoms with van der Waals surface area (Å²) in [6.45, 7) is 4.60. The highest BCUT2D eigenvalue weighted by atomic mass is 14.3. The van der Waals surface area contributed by atoms with Crippen LogP contribution in [0.3, 0.4) is 0 Å². The monoisotopic (exact) mass is 244 g/mol. The molecule has 18 heavy (non-hydrogen) atoms. The Morgan fingerprint density at radius 1 is 1.06 bits per heavy atom. The van der Waals surface area contributed by atoms with E-state index < -0.39 is 0 Å². The van der Waals surface area contributed by atoms with E-state index in [2.05, 4.69) is 38.1 Å². The van der Waals surface area contributed by atoms with E-state index in [1.807, 2.05) is 0 Å². The van der Waals surface area contributed by atoms with E-state index in [1.54, 1.807) is 5.56 Å². The smallest absolute Gasteiger partial charge is 0.0276 e. The molecule has 1 aliphatic rings. The summed E-state index contributed by atoms with van der Waals surface area (Å²) in [6, 6.07) is 9.18. The van der Waals surface area contributed by atoms with Gasteiger partial charge in [-0.05, 0) is 48.6 Å². The van der Waals surface area contributed by atoms with Crippen LogP contribution in [0.4, 0.5) is 0 Å². The Morgan fingerprint density at radius 2 is 1.83 bits per heavy atom. The lowest BCUT2D eigenvalue weighted by molar-refractivity contribution is 0.250. The topological polar surface area (TPSA) is 0 Å². The molecule has 0 heterocycles. The second-order valence-corrected chi connectivity index (χ2v) is 6.02. The molecule has 0 radical (unpaired) electrons. The lowest BCUT2D eigenvalue weighted by Gasteiger charge is -2.28. The van der Waals surface area contributed by atoms with Gasteiger partial charge in [0.25, 0.3) is 0 Å². The second kappa shape index (κ2) is 6.97. The standard InChI is InChI=1S/C18H28/c1-3-15-7-5-9-17(13-15)11-12-18-10-6-8-16(4-2)14-18/h5,7,9,13,16,18H,3-4,6,8,10-12,14H2,1-2H3. The fraction of sp³-hybridized carbons (Fsp3) is 0.667. The summed E-state index contributed by atoms with van der Waals surface area (Å²) in [7, 11) is 0. The summed E-state index contributed by atoms with van der Waals surface area (Å²) in [5.74, 6) is 2.01. The minimum absolute atomic E-state index is 0.994. The molecule has 1 fully saturated rings. The van der Waals surface area contributed by atoms with Crippen molar-refractivity contribution in [3.05, 3.63) is 35.4 Å². The minimum atomic E-state index is 0.994. The maximum Gasteiger partial charge on any atom is -0.0276 e. The van der Waals surface area contributed by atoms with Crippen LogP contribution in [0.1, 0.15) is 63.5 Å². The van der Waals surface area contributed by atoms with Crippen LogP contribution in [0.2, 0.25) is 0 Å². The van der Waals surface area contributed by atoms with Crippen LogP contribution in [-0.4, -0.2) is 0 Å². The summed E-state index contributed by atoms with van der Waals surface area (Å²) in [4.78, 5) is 0. The summed E-state index contributed by atoms with van der Waals surface area (Å²) in [5, 5.41) is 0. The van der Waals surface area contributed by atoms with Crippen LogP contribution in [0, 0.1) is 11.8 Å². The zero-order valence-electron chi connectivity index (χ0n) is 12.1. The van der Waals surface area contributed by atoms with Gasteiger partial charge in [-0.1, -0.05) is 63.8 Å². The van der Waals surface area contributed by atoms with Crippen LogP contribution >= 0.6 is 0 Å². The predicted octanol–water partition coefficient (Wildman–Crippen LogP) is 5.40. The Labute approximate surface area is 113 Å². The Bertz CT molecular complexity index is 353. The number of rotatable bonds is 5. The van der Waals surface area contributed by atoms with Gasteiger partial charge < -0.3 is 0 Å². The maximum atomic E-state index is 2.40. The van der Waals surface area contributed by atoms with Gasteiger partial charge in [0.2, 0.25) is 0 Å². The molecular formula is C18H28. The molecule has 0 aromatic heterocycles. The van der Waals surface area contributed by atoms with Gasteiger partial charge in [-0.2, -0.15) is 0 Å². The van der Waals surface area contributed by atoms with Crippen molar-refractivity contribution in [2.24, 2.45) is 11.8 Å². The third kappa shape index (κ3) is 3.86. The lowest BCUT2D eigenvalue weighted by Crippen LogP contribution is -2.15. The third-order valence-electron chi connectivity index (χ3n) is 4.71. The summed E-state index contributed by atoms with van der Waals surface area (Å²) < 4.78 is 0. The fourth-order valence-electron chi connectivity index (χ4n) is 3.41. The molecule has 2 unspecified atom stereocenters. The van der Waals surface area contributed by atoms with Crippen molar-refractivity contribution >= 4 is 0 Å². The molecule has 0 spiro atoms. The summed E-state index contributed by atoms with van der Waals surface area (Å²) >= 11 is 0. The third-order valence-corrected chi connectivity index (χ3v) is 4.71. The number of aryl methyl sites for hydroxylation is 2. The van der Waals surface area contributed by atoms with Crippen LogP contribution < -0.4 is 0 Å². The molecule has 1 aromatic rings. The van der Waals surface area contributed by atoms with Crippen LogP contribution in [0.5, 0.6) is 0 Å². The molecular weight excluding hydrogens is 216 g/mol. The zero-order chi connectivity index (χ0) is 12.8. The molecule has 0 bridgehead atoms. The van der Waals surface area contributed by atoms with Crippen LogP contribution in [0.15, 0.2) is 24.3 Å². The first-order valence-electron chi connectivity index (χ1n) is 7.89. The van der Waals surface area contributed by atoms with Gasteiger partial charge in [0.1, 0.15) is 0 Å². The van der Waals surface area contributed by atoms with Crippen LogP contribution in [-0.2, 0) is 12.8 Å². The maximum absolute atomic E-state index is 2.40. The molecule has 100 valence electrons. The first-order chi connectivity index (χ1) is 8.81. The molecule has 0 aliphatic heterocycles. The van der Waals surface area contributed by atoms with Crippen molar-refractivity contribution in [2.45, 2.75) is 65.2 Å². The number of benzene rings is 1. The van der Waals surface area contributed by atoms with Gasteiger partial charge in [0.15, 0.2) is 0 Å². The molecule has 1 aliphatic carbocycles. The van der Waals surface area contributed by atoms with Gasteiger partial charge in [-0.3, -0.25) is 0 Å². The highest BCUT2D eigenvalue weighted by Crippen LogP contribution is 2.33. The minimum Gasteiger partial charge on any atom is -0.0651 e. The molecule has 0 saturated heterocycles. The molecule has 0 heteroatoms. The predicted molar refractivity (Wildman–Crippen MR) is 79.9 cm³/mol. The molecule has 0 N–H and O–H groups in total.